The number of anilines is 1. The summed E-state index contributed by atoms with van der Waals surface area (Å²) in [7, 11) is -3.87. The lowest BCUT2D eigenvalue weighted by atomic mass is 10.0. The highest BCUT2D eigenvalue weighted by Gasteiger charge is 2.62. The van der Waals surface area contributed by atoms with Crippen molar-refractivity contribution in [2.45, 2.75) is 101 Å². The van der Waals surface area contributed by atoms with Crippen molar-refractivity contribution >= 4 is 62.4 Å². The molecular formula is C37H43F3N6O9S2. The van der Waals surface area contributed by atoms with E-state index < -0.39 is 75.0 Å². The summed E-state index contributed by atoms with van der Waals surface area (Å²) in [5.74, 6) is -5.28. The number of aryl methyl sites for hydroxylation is 1. The minimum Gasteiger partial charge on any atom is -0.475 e. The number of hydrogen-bond acceptors (Lipinski definition) is 11. The van der Waals surface area contributed by atoms with E-state index in [1.54, 1.807) is 4.90 Å². The van der Waals surface area contributed by atoms with Crippen LogP contribution in [0.5, 0.6) is 0 Å². The molecular weight excluding hydrogens is 794 g/mol. The minimum absolute atomic E-state index is 0.00112. The number of carbonyl (C=O) groups is 5. The molecule has 57 heavy (non-hydrogen) atoms. The summed E-state index contributed by atoms with van der Waals surface area (Å²) in [6.45, 7) is 8.26. The van der Waals surface area contributed by atoms with Crippen molar-refractivity contribution in [2.24, 2.45) is 11.8 Å². The number of carbonyl (C=O) groups excluding carboxylic acids is 4. The third-order valence-electron chi connectivity index (χ3n) is 10.5. The quantitative estimate of drug-likeness (QED) is 0.294. The molecule has 2 saturated carbocycles. The number of aromatic nitrogens is 1. The zero-order valence-electron chi connectivity index (χ0n) is 31.1. The van der Waals surface area contributed by atoms with E-state index in [-0.39, 0.29) is 31.2 Å². The smallest absolute Gasteiger partial charge is 0.475 e. The van der Waals surface area contributed by atoms with Gasteiger partial charge in [0.2, 0.25) is 21.8 Å². The van der Waals surface area contributed by atoms with Gasteiger partial charge in [0, 0.05) is 24.3 Å². The number of aliphatic carboxylic acids is 1. The van der Waals surface area contributed by atoms with Crippen molar-refractivity contribution in [2.75, 3.05) is 11.9 Å². The largest absolute Gasteiger partial charge is 0.490 e. The van der Waals surface area contributed by atoms with Crippen LogP contribution in [0.4, 0.5) is 23.1 Å². The minimum atomic E-state index is -5.08. The number of nitrogens with zero attached hydrogens (tertiary/aromatic N) is 3. The molecule has 4 N–H and O–H groups in total. The maximum atomic E-state index is 14.4. The van der Waals surface area contributed by atoms with E-state index in [2.05, 4.69) is 34.1 Å². The average molecular weight is 837 g/mol. The molecule has 4 amide bonds. The third-order valence-corrected chi connectivity index (χ3v) is 13.2. The Hall–Kier alpha value is -4.98. The molecule has 3 aliphatic heterocycles. The van der Waals surface area contributed by atoms with Crippen LogP contribution in [0.1, 0.15) is 68.3 Å². The molecule has 20 heteroatoms. The summed E-state index contributed by atoms with van der Waals surface area (Å²) in [5.41, 5.74) is 2.49. The molecule has 1 saturated heterocycles. The highest BCUT2D eigenvalue weighted by Crippen LogP contribution is 2.45. The molecule has 4 heterocycles. The number of benzene rings is 1. The fourth-order valence-electron chi connectivity index (χ4n) is 7.10. The van der Waals surface area contributed by atoms with E-state index in [9.17, 15) is 40.8 Å². The SMILES string of the molecule is C=C[C@@H]1C[C@]1(NC(=O)[C@@H]1C[C@@H]2CN1C(=O)[C@H](C(C)C)Nc1nc(cs1)CC/C=C/c1cccc3c1CN(C3)C(=O)O2)C(=O)NS(=O)(=O)C1CC1.O=C(O)C(F)(F)F. The normalized spacial score (nSPS) is 26.4. The van der Waals surface area contributed by atoms with Crippen molar-refractivity contribution < 1.29 is 55.4 Å². The van der Waals surface area contributed by atoms with E-state index >= 15 is 0 Å². The van der Waals surface area contributed by atoms with E-state index in [4.69, 9.17) is 19.6 Å². The number of alkyl halides is 3. The van der Waals surface area contributed by atoms with Crippen LogP contribution in [0.2, 0.25) is 0 Å². The number of nitrogens with one attached hydrogen (secondary N) is 3. The Labute approximate surface area is 330 Å². The number of carboxylic acids is 1. The van der Waals surface area contributed by atoms with Gasteiger partial charge >= 0.3 is 18.2 Å². The van der Waals surface area contributed by atoms with Crippen LogP contribution in [-0.4, -0.2) is 99.8 Å². The van der Waals surface area contributed by atoms with Crippen LogP contribution in [0.15, 0.2) is 42.3 Å². The number of ether oxygens (including phenoxy) is 1. The van der Waals surface area contributed by atoms with Gasteiger partial charge < -0.3 is 25.4 Å². The number of sulfonamides is 1. The van der Waals surface area contributed by atoms with Crippen molar-refractivity contribution in [1.82, 2.24) is 24.8 Å². The molecule has 6 bridgehead atoms. The number of halogens is 3. The maximum absolute atomic E-state index is 14.4. The molecule has 7 rings (SSSR count). The maximum Gasteiger partial charge on any atom is 0.490 e. The van der Waals surface area contributed by atoms with Crippen LogP contribution in [-0.2, 0) is 53.4 Å². The summed E-state index contributed by atoms with van der Waals surface area (Å²) in [5, 5.41) is 15.1. The van der Waals surface area contributed by atoms with Gasteiger partial charge in [-0.3, -0.25) is 24.0 Å². The van der Waals surface area contributed by atoms with Gasteiger partial charge in [0.05, 0.1) is 24.0 Å². The Morgan fingerprint density at radius 2 is 1.91 bits per heavy atom. The molecule has 308 valence electrons. The summed E-state index contributed by atoms with van der Waals surface area (Å²) in [6.07, 6.45) is 1.85. The number of amides is 4. The summed E-state index contributed by atoms with van der Waals surface area (Å²) < 4.78 is 65.2. The molecule has 15 nitrogen and oxygen atoms in total. The number of hydrogen-bond donors (Lipinski definition) is 4. The van der Waals surface area contributed by atoms with Gasteiger partial charge in [-0.25, -0.2) is 23.0 Å². The van der Waals surface area contributed by atoms with E-state index in [0.717, 1.165) is 28.8 Å². The highest BCUT2D eigenvalue weighted by atomic mass is 32.2. The molecule has 0 radical (unpaired) electrons. The highest BCUT2D eigenvalue weighted by molar-refractivity contribution is 7.91. The first-order valence-corrected chi connectivity index (χ1v) is 20.8. The summed E-state index contributed by atoms with van der Waals surface area (Å²) >= 11 is 1.40. The van der Waals surface area contributed by atoms with Crippen LogP contribution in [0.25, 0.3) is 6.08 Å². The lowest BCUT2D eigenvalue weighted by Gasteiger charge is -2.31. The van der Waals surface area contributed by atoms with E-state index in [1.165, 1.54) is 22.3 Å². The van der Waals surface area contributed by atoms with Gasteiger partial charge in [-0.15, -0.1) is 17.9 Å². The first-order valence-electron chi connectivity index (χ1n) is 18.4. The van der Waals surface area contributed by atoms with Crippen LogP contribution in [0, 0.1) is 11.8 Å². The zero-order valence-corrected chi connectivity index (χ0v) is 32.7. The summed E-state index contributed by atoms with van der Waals surface area (Å²) in [4.78, 5) is 72.1. The predicted molar refractivity (Wildman–Crippen MR) is 201 cm³/mol. The second-order valence-corrected chi connectivity index (χ2v) is 17.8. The summed E-state index contributed by atoms with van der Waals surface area (Å²) in [6, 6.07) is 4.14. The van der Waals surface area contributed by atoms with Gasteiger partial charge in [0.15, 0.2) is 5.13 Å². The monoisotopic (exact) mass is 836 g/mol. The third kappa shape index (κ3) is 9.27. The van der Waals surface area contributed by atoms with Crippen molar-refractivity contribution in [1.29, 1.82) is 0 Å². The Balaban J connectivity index is 0.000000719. The van der Waals surface area contributed by atoms with Crippen molar-refractivity contribution in [3.8, 4) is 0 Å². The van der Waals surface area contributed by atoms with E-state index in [0.29, 0.717) is 37.5 Å². The van der Waals surface area contributed by atoms with Crippen LogP contribution < -0.4 is 15.4 Å². The average Bonchev–Trinajstić information content (AvgIpc) is 3.96. The molecule has 3 fully saturated rings. The Morgan fingerprint density at radius 1 is 1.19 bits per heavy atom. The Bertz CT molecular complexity index is 2090. The first kappa shape index (κ1) is 41.6. The van der Waals surface area contributed by atoms with Crippen LogP contribution in [0.3, 0.4) is 0 Å². The van der Waals surface area contributed by atoms with Gasteiger partial charge in [0.1, 0.15) is 23.7 Å². The standard InChI is InChI=1S/C35H42N6O7S2.C2HF3O2/c1-4-23-15-35(23,32(44)39-50(46,47)26-12-13-26)38-30(42)28-14-25-17-41(28)31(43)29(20(2)3)37-33-36-24(19-49-33)11-6-5-8-21-9-7-10-22-16-40(18-27(21)22)34(45)48-25;3-2(4,5)1(6)7/h4-5,7-10,19-20,23,25-26,28-29H,1,6,11-18H2,2-3H3,(H,36,37)(H,38,42)(H,39,44);(H,6,7)/b8-5+;/t23-,25-,28+,29+,35-;/m1./s1. The number of fused-ring (bicyclic) bond motifs is 5. The Kier molecular flexibility index (Phi) is 11.8. The first-order chi connectivity index (χ1) is 26.8. The second-order valence-electron chi connectivity index (χ2n) is 15.0. The Morgan fingerprint density at radius 3 is 2.54 bits per heavy atom. The van der Waals surface area contributed by atoms with Gasteiger partial charge in [-0.1, -0.05) is 50.3 Å². The number of rotatable bonds is 7. The number of carboxylic acid groups (broad SMARTS) is 1. The molecule has 5 atom stereocenters. The fraction of sp³-hybridized carbons (Fsp3) is 0.514. The van der Waals surface area contributed by atoms with Crippen molar-refractivity contribution in [3.63, 3.8) is 0 Å². The van der Waals surface area contributed by atoms with Gasteiger partial charge in [-0.05, 0) is 54.7 Å². The van der Waals surface area contributed by atoms with Crippen molar-refractivity contribution in [3.05, 3.63) is 64.7 Å². The molecule has 0 spiro atoms. The molecule has 1 aromatic carbocycles. The molecule has 1 aromatic heterocycles. The van der Waals surface area contributed by atoms with E-state index in [1.807, 2.05) is 37.4 Å². The molecule has 0 unspecified atom stereocenters. The zero-order chi connectivity index (χ0) is 41.4. The molecule has 2 aliphatic carbocycles. The topological polar surface area (TPSA) is 204 Å². The van der Waals surface area contributed by atoms with Gasteiger partial charge in [0.25, 0.3) is 5.91 Å². The van der Waals surface area contributed by atoms with Gasteiger partial charge in [-0.2, -0.15) is 13.2 Å². The fourth-order valence-corrected chi connectivity index (χ4v) is 9.25. The second kappa shape index (κ2) is 16.1. The molecule has 5 aliphatic rings. The molecule has 2 aromatic rings. The predicted octanol–water partition coefficient (Wildman–Crippen LogP) is 3.96. The lowest BCUT2D eigenvalue weighted by molar-refractivity contribution is -0.192. The number of thiazole rings is 1. The van der Waals surface area contributed by atoms with Crippen LogP contribution >= 0.6 is 11.3 Å². The lowest BCUT2D eigenvalue weighted by Crippen LogP contribution is -2.58. The number of allylic oxidation sites excluding steroid dienone is 1.